The van der Waals surface area contributed by atoms with E-state index in [4.69, 9.17) is 9.47 Å². The van der Waals surface area contributed by atoms with Crippen LogP contribution in [0.2, 0.25) is 0 Å². The third-order valence-corrected chi connectivity index (χ3v) is 1.70. The van der Waals surface area contributed by atoms with Gasteiger partial charge < -0.3 is 14.8 Å². The van der Waals surface area contributed by atoms with E-state index in [0.717, 1.165) is 11.4 Å². The van der Waals surface area contributed by atoms with Crippen molar-refractivity contribution in [3.63, 3.8) is 0 Å². The van der Waals surface area contributed by atoms with Crippen LogP contribution in [-0.4, -0.2) is 27.4 Å². The summed E-state index contributed by atoms with van der Waals surface area (Å²) < 4.78 is 10.4. The number of para-hydroxylation sites is 2. The standard InChI is InChI=1S/C10H15NO2/c1-11-9-5-3-4-6-10(9)13-8-7-12-2/h3-6,11H,7-8H2,1-2H3. The molecule has 72 valence electrons. The van der Waals surface area contributed by atoms with Crippen molar-refractivity contribution in [1.29, 1.82) is 0 Å². The topological polar surface area (TPSA) is 30.5 Å². The molecule has 3 heteroatoms. The molecule has 0 aromatic heterocycles. The smallest absolute Gasteiger partial charge is 0.142 e. The fourth-order valence-electron chi connectivity index (χ4n) is 1.03. The van der Waals surface area contributed by atoms with E-state index in [1.807, 2.05) is 31.3 Å². The first-order valence-electron chi connectivity index (χ1n) is 4.27. The Bertz CT molecular complexity index is 250. The van der Waals surface area contributed by atoms with Crippen LogP contribution >= 0.6 is 0 Å². The monoisotopic (exact) mass is 181 g/mol. The van der Waals surface area contributed by atoms with Crippen LogP contribution in [0.1, 0.15) is 0 Å². The van der Waals surface area contributed by atoms with Crippen LogP contribution in [0.5, 0.6) is 5.75 Å². The van der Waals surface area contributed by atoms with Crippen LogP contribution in [0.4, 0.5) is 5.69 Å². The Labute approximate surface area is 78.7 Å². The molecule has 0 aliphatic rings. The zero-order valence-corrected chi connectivity index (χ0v) is 8.04. The zero-order valence-electron chi connectivity index (χ0n) is 8.04. The second-order valence-corrected chi connectivity index (χ2v) is 2.59. The van der Waals surface area contributed by atoms with E-state index in [1.54, 1.807) is 7.11 Å². The average Bonchev–Trinajstić information content (AvgIpc) is 2.19. The third kappa shape index (κ3) is 2.95. The van der Waals surface area contributed by atoms with Crippen molar-refractivity contribution in [1.82, 2.24) is 0 Å². The van der Waals surface area contributed by atoms with Crippen LogP contribution in [-0.2, 0) is 4.74 Å². The number of benzene rings is 1. The minimum Gasteiger partial charge on any atom is -0.489 e. The molecule has 0 atom stereocenters. The second kappa shape index (κ2) is 5.43. The summed E-state index contributed by atoms with van der Waals surface area (Å²) in [6, 6.07) is 7.82. The van der Waals surface area contributed by atoms with Gasteiger partial charge >= 0.3 is 0 Å². The van der Waals surface area contributed by atoms with Gasteiger partial charge in [-0.2, -0.15) is 0 Å². The lowest BCUT2D eigenvalue weighted by molar-refractivity contribution is 0.146. The Morgan fingerprint density at radius 2 is 2.00 bits per heavy atom. The normalized spacial score (nSPS) is 9.69. The molecule has 0 fully saturated rings. The molecule has 1 N–H and O–H groups in total. The highest BCUT2D eigenvalue weighted by molar-refractivity contribution is 5.55. The summed E-state index contributed by atoms with van der Waals surface area (Å²) in [5.41, 5.74) is 0.999. The van der Waals surface area contributed by atoms with E-state index in [0.29, 0.717) is 13.2 Å². The Hall–Kier alpha value is -1.22. The lowest BCUT2D eigenvalue weighted by atomic mass is 10.3. The van der Waals surface area contributed by atoms with Crippen LogP contribution in [0.3, 0.4) is 0 Å². The molecule has 1 rings (SSSR count). The summed E-state index contributed by atoms with van der Waals surface area (Å²) in [5, 5.41) is 3.06. The molecule has 0 amide bonds. The van der Waals surface area contributed by atoms with Gasteiger partial charge in [-0.15, -0.1) is 0 Å². The molecular weight excluding hydrogens is 166 g/mol. The molecule has 0 unspecified atom stereocenters. The Morgan fingerprint density at radius 3 is 2.69 bits per heavy atom. The molecule has 0 saturated heterocycles. The fraction of sp³-hybridized carbons (Fsp3) is 0.400. The summed E-state index contributed by atoms with van der Waals surface area (Å²) >= 11 is 0. The van der Waals surface area contributed by atoms with Crippen molar-refractivity contribution in [3.05, 3.63) is 24.3 Å². The minimum absolute atomic E-state index is 0.579. The molecule has 0 bridgehead atoms. The van der Waals surface area contributed by atoms with E-state index in [1.165, 1.54) is 0 Å². The summed E-state index contributed by atoms with van der Waals surface area (Å²) in [6.45, 7) is 1.19. The SMILES string of the molecule is CNc1ccccc1OCCOC. The molecule has 0 aliphatic carbocycles. The minimum atomic E-state index is 0.579. The van der Waals surface area contributed by atoms with Crippen LogP contribution in [0, 0.1) is 0 Å². The maximum absolute atomic E-state index is 5.48. The number of nitrogens with one attached hydrogen (secondary N) is 1. The van der Waals surface area contributed by atoms with Gasteiger partial charge in [0.1, 0.15) is 12.4 Å². The number of hydrogen-bond acceptors (Lipinski definition) is 3. The van der Waals surface area contributed by atoms with E-state index in [2.05, 4.69) is 5.32 Å². The first-order chi connectivity index (χ1) is 6.38. The number of ether oxygens (including phenoxy) is 2. The average molecular weight is 181 g/mol. The van der Waals surface area contributed by atoms with Crippen LogP contribution in [0.15, 0.2) is 24.3 Å². The van der Waals surface area contributed by atoms with Gasteiger partial charge in [0, 0.05) is 14.2 Å². The number of methoxy groups -OCH3 is 1. The predicted molar refractivity (Wildman–Crippen MR) is 53.4 cm³/mol. The van der Waals surface area contributed by atoms with Gasteiger partial charge in [-0.1, -0.05) is 12.1 Å². The third-order valence-electron chi connectivity index (χ3n) is 1.70. The van der Waals surface area contributed by atoms with E-state index in [-0.39, 0.29) is 0 Å². The van der Waals surface area contributed by atoms with Crippen molar-refractivity contribution in [2.24, 2.45) is 0 Å². The maximum Gasteiger partial charge on any atom is 0.142 e. The van der Waals surface area contributed by atoms with Gasteiger partial charge in [0.25, 0.3) is 0 Å². The Kier molecular flexibility index (Phi) is 4.12. The molecule has 0 spiro atoms. The van der Waals surface area contributed by atoms with Crippen molar-refractivity contribution in [3.8, 4) is 5.75 Å². The molecule has 0 aliphatic heterocycles. The molecule has 1 aromatic rings. The maximum atomic E-state index is 5.48. The van der Waals surface area contributed by atoms with Crippen molar-refractivity contribution in [2.75, 3.05) is 32.7 Å². The fourth-order valence-corrected chi connectivity index (χ4v) is 1.03. The highest BCUT2D eigenvalue weighted by Crippen LogP contribution is 2.22. The van der Waals surface area contributed by atoms with Gasteiger partial charge in [0.15, 0.2) is 0 Å². The number of hydrogen-bond donors (Lipinski definition) is 1. The predicted octanol–water partition coefficient (Wildman–Crippen LogP) is 1.75. The summed E-state index contributed by atoms with van der Waals surface area (Å²) in [5.74, 6) is 0.863. The summed E-state index contributed by atoms with van der Waals surface area (Å²) in [4.78, 5) is 0. The first kappa shape index (κ1) is 9.86. The Morgan fingerprint density at radius 1 is 1.23 bits per heavy atom. The quantitative estimate of drug-likeness (QED) is 0.702. The lowest BCUT2D eigenvalue weighted by Crippen LogP contribution is -2.05. The first-order valence-corrected chi connectivity index (χ1v) is 4.27. The molecular formula is C10H15NO2. The van der Waals surface area contributed by atoms with E-state index < -0.39 is 0 Å². The van der Waals surface area contributed by atoms with Crippen molar-refractivity contribution >= 4 is 5.69 Å². The lowest BCUT2D eigenvalue weighted by Gasteiger charge is -2.09. The second-order valence-electron chi connectivity index (χ2n) is 2.59. The molecule has 3 nitrogen and oxygen atoms in total. The van der Waals surface area contributed by atoms with Crippen LogP contribution in [0.25, 0.3) is 0 Å². The highest BCUT2D eigenvalue weighted by atomic mass is 16.5. The molecule has 1 aromatic carbocycles. The zero-order chi connectivity index (χ0) is 9.52. The van der Waals surface area contributed by atoms with Gasteiger partial charge in [-0.05, 0) is 12.1 Å². The van der Waals surface area contributed by atoms with Gasteiger partial charge in [0.2, 0.25) is 0 Å². The van der Waals surface area contributed by atoms with Crippen molar-refractivity contribution in [2.45, 2.75) is 0 Å². The number of rotatable bonds is 5. The molecule has 0 saturated carbocycles. The summed E-state index contributed by atoms with van der Waals surface area (Å²) in [7, 11) is 3.53. The number of anilines is 1. The van der Waals surface area contributed by atoms with Crippen molar-refractivity contribution < 1.29 is 9.47 Å². The highest BCUT2D eigenvalue weighted by Gasteiger charge is 1.98. The Balaban J connectivity index is 2.54. The van der Waals surface area contributed by atoms with E-state index in [9.17, 15) is 0 Å². The molecule has 0 heterocycles. The molecule has 0 radical (unpaired) electrons. The molecule has 13 heavy (non-hydrogen) atoms. The van der Waals surface area contributed by atoms with Crippen LogP contribution < -0.4 is 10.1 Å². The summed E-state index contributed by atoms with van der Waals surface area (Å²) in [6.07, 6.45) is 0. The van der Waals surface area contributed by atoms with Gasteiger partial charge in [-0.25, -0.2) is 0 Å². The van der Waals surface area contributed by atoms with E-state index >= 15 is 0 Å². The van der Waals surface area contributed by atoms with Gasteiger partial charge in [-0.3, -0.25) is 0 Å². The largest absolute Gasteiger partial charge is 0.489 e. The van der Waals surface area contributed by atoms with Gasteiger partial charge in [0.05, 0.1) is 12.3 Å².